The molecule has 0 aliphatic carbocycles. The van der Waals surface area contributed by atoms with Crippen LogP contribution in [0.25, 0.3) is 22.2 Å². The maximum Gasteiger partial charge on any atom is 0.331 e. The van der Waals surface area contributed by atoms with Crippen LogP contribution in [0, 0.1) is 0 Å². The van der Waals surface area contributed by atoms with Gasteiger partial charge in [-0.25, -0.2) is 4.79 Å². The lowest BCUT2D eigenvalue weighted by molar-refractivity contribution is -0.00713. The molecule has 2 aromatic heterocycles. The summed E-state index contributed by atoms with van der Waals surface area (Å²) >= 11 is 0. The van der Waals surface area contributed by atoms with Crippen LogP contribution in [-0.2, 0) is 24.4 Å². The van der Waals surface area contributed by atoms with E-state index in [4.69, 9.17) is 18.9 Å². The Morgan fingerprint density at radius 2 is 1.69 bits per heavy atom. The predicted octanol–water partition coefficient (Wildman–Crippen LogP) is 3.30. The second-order valence-electron chi connectivity index (χ2n) is 9.84. The van der Waals surface area contributed by atoms with Crippen molar-refractivity contribution in [1.29, 1.82) is 0 Å². The van der Waals surface area contributed by atoms with Gasteiger partial charge in [-0.15, -0.1) is 0 Å². The van der Waals surface area contributed by atoms with Gasteiger partial charge in [-0.2, -0.15) is 0 Å². The molecule has 9 nitrogen and oxygen atoms in total. The highest BCUT2D eigenvalue weighted by atomic mass is 16.7. The van der Waals surface area contributed by atoms with Gasteiger partial charge in [-0.3, -0.25) is 13.9 Å². The molecule has 0 radical (unpaired) electrons. The molecule has 36 heavy (non-hydrogen) atoms. The molecule has 9 heteroatoms. The number of hydrogen-bond acceptors (Lipinski definition) is 6. The van der Waals surface area contributed by atoms with Crippen LogP contribution in [0.2, 0.25) is 0 Å². The van der Waals surface area contributed by atoms with Gasteiger partial charge in [0.1, 0.15) is 11.9 Å². The maximum atomic E-state index is 13.7. The summed E-state index contributed by atoms with van der Waals surface area (Å²) in [6, 6.07) is 13.3. The molecule has 1 unspecified atom stereocenters. The molecule has 186 valence electrons. The summed E-state index contributed by atoms with van der Waals surface area (Å²) < 4.78 is 27.8. The third-order valence-electron chi connectivity index (χ3n) is 7.13. The van der Waals surface area contributed by atoms with E-state index in [1.165, 1.54) is 7.05 Å². The van der Waals surface area contributed by atoms with Crippen molar-refractivity contribution in [2.45, 2.75) is 25.5 Å². The molecular formula is C27H27N3O6. The van der Waals surface area contributed by atoms with E-state index in [0.717, 1.165) is 32.8 Å². The maximum absolute atomic E-state index is 13.7. The molecule has 2 aromatic carbocycles. The number of hydrogen-bond donors (Lipinski definition) is 0. The van der Waals surface area contributed by atoms with E-state index in [1.807, 2.05) is 42.5 Å². The fraction of sp³-hybridized carbons (Fsp3) is 0.333. The SMILES string of the molecule is COc1ccc(-c2c3c(=O)n(C)c(=O)n(C)c3c3n2C(C)(C)COC3c2ccc3c(c2)OCO3)cc1. The number of benzene rings is 2. The van der Waals surface area contributed by atoms with Crippen molar-refractivity contribution in [3.8, 4) is 28.5 Å². The number of methoxy groups -OCH3 is 1. The second kappa shape index (κ2) is 7.76. The highest BCUT2D eigenvalue weighted by molar-refractivity contribution is 5.97. The normalized spacial score (nSPS) is 17.9. The lowest BCUT2D eigenvalue weighted by Crippen LogP contribution is -2.40. The van der Waals surface area contributed by atoms with Crippen molar-refractivity contribution in [2.24, 2.45) is 14.1 Å². The zero-order chi connectivity index (χ0) is 25.4. The smallest absolute Gasteiger partial charge is 0.331 e. The lowest BCUT2D eigenvalue weighted by Gasteiger charge is -2.39. The molecule has 4 heterocycles. The zero-order valence-corrected chi connectivity index (χ0v) is 20.8. The van der Waals surface area contributed by atoms with E-state index in [0.29, 0.717) is 29.0 Å². The molecule has 2 aliphatic rings. The van der Waals surface area contributed by atoms with Crippen LogP contribution in [0.1, 0.15) is 31.2 Å². The molecule has 0 fully saturated rings. The summed E-state index contributed by atoms with van der Waals surface area (Å²) in [5.74, 6) is 2.04. The minimum atomic E-state index is -0.528. The summed E-state index contributed by atoms with van der Waals surface area (Å²) in [5.41, 5.74) is 2.52. The fourth-order valence-electron chi connectivity index (χ4n) is 5.35. The molecule has 0 N–H and O–H groups in total. The van der Waals surface area contributed by atoms with Gasteiger partial charge in [0.05, 0.1) is 41.5 Å². The van der Waals surface area contributed by atoms with Crippen LogP contribution >= 0.6 is 0 Å². The highest BCUT2D eigenvalue weighted by Gasteiger charge is 2.41. The molecule has 6 rings (SSSR count). The first kappa shape index (κ1) is 22.5. The molecule has 4 aromatic rings. The van der Waals surface area contributed by atoms with Gasteiger partial charge in [-0.05, 0) is 61.4 Å². The van der Waals surface area contributed by atoms with Gasteiger partial charge in [0.25, 0.3) is 5.56 Å². The van der Waals surface area contributed by atoms with Crippen molar-refractivity contribution in [2.75, 3.05) is 20.5 Å². The van der Waals surface area contributed by atoms with Gasteiger partial charge >= 0.3 is 5.69 Å². The summed E-state index contributed by atoms with van der Waals surface area (Å²) in [6.07, 6.45) is -0.528. The second-order valence-corrected chi connectivity index (χ2v) is 9.84. The van der Waals surface area contributed by atoms with E-state index >= 15 is 0 Å². The Morgan fingerprint density at radius 3 is 2.42 bits per heavy atom. The van der Waals surface area contributed by atoms with E-state index < -0.39 is 17.3 Å². The van der Waals surface area contributed by atoms with Crippen LogP contribution in [0.15, 0.2) is 52.1 Å². The summed E-state index contributed by atoms with van der Waals surface area (Å²) in [4.78, 5) is 26.8. The Hall–Kier alpha value is -3.98. The minimum absolute atomic E-state index is 0.169. The Labute approximate surface area is 207 Å². The number of nitrogens with zero attached hydrogens (tertiary/aromatic N) is 3. The Balaban J connectivity index is 1.74. The molecule has 0 spiro atoms. The number of ether oxygens (including phenoxy) is 4. The standard InChI is InChI=1S/C27H27N3O6/c1-27(2)13-34-24(16-8-11-18-19(12-16)36-14-35-18)23-22-20(25(31)29(4)26(32)28(22)3)21(30(23)27)15-6-9-17(33-5)10-7-15/h6-12,24H,13-14H2,1-5H3. The summed E-state index contributed by atoms with van der Waals surface area (Å²) in [5, 5.41) is 0.476. The molecule has 0 bridgehead atoms. The van der Waals surface area contributed by atoms with Crippen LogP contribution in [0.5, 0.6) is 17.2 Å². The first-order valence-corrected chi connectivity index (χ1v) is 11.7. The Kier molecular flexibility index (Phi) is 4.85. The van der Waals surface area contributed by atoms with Crippen molar-refractivity contribution >= 4 is 10.9 Å². The van der Waals surface area contributed by atoms with Crippen LogP contribution in [0.4, 0.5) is 0 Å². The van der Waals surface area contributed by atoms with Crippen molar-refractivity contribution in [1.82, 2.24) is 13.7 Å². The molecule has 1 atom stereocenters. The van der Waals surface area contributed by atoms with Gasteiger partial charge in [0, 0.05) is 14.1 Å². The van der Waals surface area contributed by atoms with Gasteiger partial charge < -0.3 is 23.5 Å². The fourth-order valence-corrected chi connectivity index (χ4v) is 5.35. The first-order chi connectivity index (χ1) is 17.2. The van der Waals surface area contributed by atoms with Gasteiger partial charge in [0.2, 0.25) is 6.79 Å². The quantitative estimate of drug-likeness (QED) is 0.439. The largest absolute Gasteiger partial charge is 0.497 e. The van der Waals surface area contributed by atoms with Gasteiger partial charge in [0.15, 0.2) is 11.5 Å². The summed E-state index contributed by atoms with van der Waals surface area (Å²) in [6.45, 7) is 4.71. The number of aromatic nitrogens is 3. The number of fused-ring (bicyclic) bond motifs is 4. The molecular weight excluding hydrogens is 462 g/mol. The van der Waals surface area contributed by atoms with Crippen molar-refractivity contribution < 1.29 is 18.9 Å². The third-order valence-corrected chi connectivity index (χ3v) is 7.13. The van der Waals surface area contributed by atoms with Crippen molar-refractivity contribution in [3.63, 3.8) is 0 Å². The summed E-state index contributed by atoms with van der Waals surface area (Å²) in [7, 11) is 4.82. The van der Waals surface area contributed by atoms with Crippen LogP contribution in [0.3, 0.4) is 0 Å². The van der Waals surface area contributed by atoms with E-state index in [9.17, 15) is 9.59 Å². The van der Waals surface area contributed by atoms with E-state index in [-0.39, 0.29) is 12.4 Å². The van der Waals surface area contributed by atoms with E-state index in [2.05, 4.69) is 18.4 Å². The van der Waals surface area contributed by atoms with Gasteiger partial charge in [-0.1, -0.05) is 6.07 Å². The minimum Gasteiger partial charge on any atom is -0.497 e. The number of aryl methyl sites for hydroxylation is 1. The van der Waals surface area contributed by atoms with Crippen molar-refractivity contribution in [3.05, 3.63) is 74.6 Å². The Bertz CT molecular complexity index is 1640. The average Bonchev–Trinajstić information content (AvgIpc) is 3.49. The number of rotatable bonds is 3. The zero-order valence-electron chi connectivity index (χ0n) is 20.8. The Morgan fingerprint density at radius 1 is 0.972 bits per heavy atom. The topological polar surface area (TPSA) is 85.9 Å². The highest BCUT2D eigenvalue weighted by Crippen LogP contribution is 2.47. The molecule has 0 saturated carbocycles. The predicted molar refractivity (Wildman–Crippen MR) is 134 cm³/mol. The first-order valence-electron chi connectivity index (χ1n) is 11.7. The monoisotopic (exact) mass is 489 g/mol. The van der Waals surface area contributed by atoms with Crippen LogP contribution in [-0.4, -0.2) is 34.2 Å². The molecule has 0 amide bonds. The molecule has 0 saturated heterocycles. The lowest BCUT2D eigenvalue weighted by atomic mass is 9.97. The molecule has 2 aliphatic heterocycles. The average molecular weight is 490 g/mol. The van der Waals surface area contributed by atoms with Crippen LogP contribution < -0.4 is 25.5 Å². The third kappa shape index (κ3) is 3.05. The van der Waals surface area contributed by atoms with E-state index in [1.54, 1.807) is 18.7 Å².